The molecule has 0 aliphatic carbocycles. The second-order valence-electron chi connectivity index (χ2n) is 2.04. The number of carbonyl (C=O) groups excluding carboxylic acids is 2. The molecule has 0 rings (SSSR count). The minimum atomic E-state index is -0.838. The number of alkyl halides is 1. The predicted molar refractivity (Wildman–Crippen MR) is 48.2 cm³/mol. The molecule has 5 nitrogen and oxygen atoms in total. The molecule has 0 radical (unpaired) electrons. The highest BCUT2D eigenvalue weighted by molar-refractivity contribution is 6.18. The average molecular weight is 207 g/mol. The van der Waals surface area contributed by atoms with Crippen molar-refractivity contribution in [1.82, 2.24) is 5.32 Å². The Morgan fingerprint density at radius 1 is 1.46 bits per heavy atom. The Hall–Kier alpha value is -1.23. The van der Waals surface area contributed by atoms with E-state index in [2.05, 4.69) is 10.1 Å². The minimum Gasteiger partial charge on any atom is -0.445 e. The molecular formula is C7H11ClN2O3. The first-order valence-corrected chi connectivity index (χ1v) is 4.10. The van der Waals surface area contributed by atoms with Gasteiger partial charge in [0.25, 0.3) is 0 Å². The van der Waals surface area contributed by atoms with Gasteiger partial charge >= 0.3 is 6.09 Å². The summed E-state index contributed by atoms with van der Waals surface area (Å²) in [4.78, 5) is 20.8. The summed E-state index contributed by atoms with van der Waals surface area (Å²) in [7, 11) is 0. The molecule has 13 heavy (non-hydrogen) atoms. The third-order valence-corrected chi connectivity index (χ3v) is 1.19. The van der Waals surface area contributed by atoms with Crippen LogP contribution < -0.4 is 11.1 Å². The number of ether oxygens (including phenoxy) is 1. The van der Waals surface area contributed by atoms with Gasteiger partial charge in [0.05, 0.1) is 6.00 Å². The molecule has 0 unspecified atom stereocenters. The van der Waals surface area contributed by atoms with E-state index in [-0.39, 0.29) is 24.9 Å². The van der Waals surface area contributed by atoms with Gasteiger partial charge in [-0.05, 0) is 0 Å². The molecule has 3 N–H and O–H groups in total. The summed E-state index contributed by atoms with van der Waals surface area (Å²) in [5, 5.41) is 2.39. The fraction of sp³-hybridized carbons (Fsp3) is 0.429. The van der Waals surface area contributed by atoms with Crippen molar-refractivity contribution in [2.45, 2.75) is 6.42 Å². The molecular weight excluding hydrogens is 196 g/mol. The van der Waals surface area contributed by atoms with Crippen LogP contribution in [-0.4, -0.2) is 24.6 Å². The summed E-state index contributed by atoms with van der Waals surface area (Å²) < 4.78 is 4.38. The summed E-state index contributed by atoms with van der Waals surface area (Å²) in [6.07, 6.45) is 2.45. The number of halogens is 1. The standard InChI is InChI=1S/C7H11ClN2O3/c8-5-10-6(11)3-1-2-4-13-7(9)12/h1-2H,3-5H2,(H2,9,12)(H,10,11). The highest BCUT2D eigenvalue weighted by atomic mass is 35.5. The lowest BCUT2D eigenvalue weighted by Crippen LogP contribution is -2.20. The number of nitrogens with one attached hydrogen (secondary N) is 1. The number of nitrogens with two attached hydrogens (primary N) is 1. The zero-order chi connectivity index (χ0) is 10.1. The molecule has 74 valence electrons. The Balaban J connectivity index is 3.40. The molecule has 0 aromatic heterocycles. The molecule has 0 fully saturated rings. The Bertz CT molecular complexity index is 206. The van der Waals surface area contributed by atoms with Gasteiger partial charge < -0.3 is 15.8 Å². The van der Waals surface area contributed by atoms with E-state index < -0.39 is 6.09 Å². The maximum absolute atomic E-state index is 10.8. The first-order valence-electron chi connectivity index (χ1n) is 3.56. The van der Waals surface area contributed by atoms with Crippen molar-refractivity contribution in [3.05, 3.63) is 12.2 Å². The second kappa shape index (κ2) is 7.42. The van der Waals surface area contributed by atoms with Crippen LogP contribution in [0.4, 0.5) is 4.79 Å². The van der Waals surface area contributed by atoms with Gasteiger partial charge in [-0.2, -0.15) is 0 Å². The van der Waals surface area contributed by atoms with E-state index in [1.54, 1.807) is 6.08 Å². The average Bonchev–Trinajstić information content (AvgIpc) is 2.03. The van der Waals surface area contributed by atoms with Crippen LogP contribution in [0.15, 0.2) is 12.2 Å². The number of rotatable bonds is 5. The summed E-state index contributed by atoms with van der Waals surface area (Å²) >= 11 is 5.24. The third-order valence-electron chi connectivity index (χ3n) is 1.06. The quantitative estimate of drug-likeness (QED) is 0.387. The van der Waals surface area contributed by atoms with Crippen molar-refractivity contribution in [2.24, 2.45) is 5.73 Å². The maximum Gasteiger partial charge on any atom is 0.404 e. The van der Waals surface area contributed by atoms with Crippen LogP contribution >= 0.6 is 11.6 Å². The van der Waals surface area contributed by atoms with Crippen molar-refractivity contribution in [3.63, 3.8) is 0 Å². The molecule has 0 aliphatic heterocycles. The Kier molecular flexibility index (Phi) is 6.72. The van der Waals surface area contributed by atoms with Crippen LogP contribution in [0.25, 0.3) is 0 Å². The van der Waals surface area contributed by atoms with E-state index in [0.717, 1.165) is 0 Å². The van der Waals surface area contributed by atoms with Gasteiger partial charge in [-0.15, -0.1) is 11.6 Å². The maximum atomic E-state index is 10.8. The predicted octanol–water partition coefficient (Wildman–Crippen LogP) is 0.341. The van der Waals surface area contributed by atoms with Crippen molar-refractivity contribution < 1.29 is 14.3 Å². The fourth-order valence-electron chi connectivity index (χ4n) is 0.535. The van der Waals surface area contributed by atoms with Gasteiger partial charge in [-0.25, -0.2) is 4.79 Å². The van der Waals surface area contributed by atoms with Gasteiger partial charge in [0.2, 0.25) is 5.91 Å². The zero-order valence-electron chi connectivity index (χ0n) is 6.96. The fourth-order valence-corrected chi connectivity index (χ4v) is 0.684. The summed E-state index contributed by atoms with van der Waals surface area (Å²) in [6.45, 7) is 0.0729. The van der Waals surface area contributed by atoms with E-state index >= 15 is 0 Å². The number of amides is 2. The number of hydrogen-bond donors (Lipinski definition) is 2. The molecule has 2 amide bonds. The van der Waals surface area contributed by atoms with Crippen LogP contribution in [0.1, 0.15) is 6.42 Å². The molecule has 0 saturated heterocycles. The van der Waals surface area contributed by atoms with Crippen molar-refractivity contribution >= 4 is 23.6 Å². The van der Waals surface area contributed by atoms with Crippen molar-refractivity contribution in [3.8, 4) is 0 Å². The van der Waals surface area contributed by atoms with Gasteiger partial charge in [-0.1, -0.05) is 12.2 Å². The van der Waals surface area contributed by atoms with E-state index in [4.69, 9.17) is 17.3 Å². The Morgan fingerprint density at radius 2 is 2.15 bits per heavy atom. The molecule has 0 aliphatic rings. The lowest BCUT2D eigenvalue weighted by Gasteiger charge is -1.96. The highest BCUT2D eigenvalue weighted by Gasteiger charge is 1.94. The van der Waals surface area contributed by atoms with Crippen molar-refractivity contribution in [2.75, 3.05) is 12.6 Å². The number of hydrogen-bond acceptors (Lipinski definition) is 3. The molecule has 0 saturated carbocycles. The molecule has 0 aromatic rings. The Morgan fingerprint density at radius 3 is 2.69 bits per heavy atom. The van der Waals surface area contributed by atoms with E-state index in [9.17, 15) is 9.59 Å². The largest absolute Gasteiger partial charge is 0.445 e. The van der Waals surface area contributed by atoms with Crippen molar-refractivity contribution in [1.29, 1.82) is 0 Å². The van der Waals surface area contributed by atoms with E-state index in [1.165, 1.54) is 6.08 Å². The molecule has 0 atom stereocenters. The monoisotopic (exact) mass is 206 g/mol. The van der Waals surface area contributed by atoms with Gasteiger partial charge in [0.1, 0.15) is 6.61 Å². The van der Waals surface area contributed by atoms with Crippen LogP contribution in [0.5, 0.6) is 0 Å². The topological polar surface area (TPSA) is 81.4 Å². The van der Waals surface area contributed by atoms with E-state index in [1.807, 2.05) is 0 Å². The minimum absolute atomic E-state index is 0.0729. The van der Waals surface area contributed by atoms with Gasteiger partial charge in [0.15, 0.2) is 0 Å². The molecule has 0 bridgehead atoms. The van der Waals surface area contributed by atoms with Gasteiger partial charge in [0, 0.05) is 6.42 Å². The smallest absolute Gasteiger partial charge is 0.404 e. The lowest BCUT2D eigenvalue weighted by atomic mass is 10.3. The molecule has 0 heterocycles. The molecule has 6 heteroatoms. The number of primary amides is 1. The van der Waals surface area contributed by atoms with Crippen LogP contribution in [-0.2, 0) is 9.53 Å². The summed E-state index contributed by atoms with van der Waals surface area (Å²) in [6, 6.07) is 0.0878. The normalized spacial score (nSPS) is 9.92. The first kappa shape index (κ1) is 11.8. The summed E-state index contributed by atoms with van der Waals surface area (Å²) in [5.41, 5.74) is 4.69. The second-order valence-corrected chi connectivity index (χ2v) is 2.31. The molecule has 0 aromatic carbocycles. The zero-order valence-corrected chi connectivity index (χ0v) is 7.71. The SMILES string of the molecule is NC(=O)OCC=CCC(=O)NCCl. The number of carbonyl (C=O) groups is 2. The van der Waals surface area contributed by atoms with E-state index in [0.29, 0.717) is 0 Å². The van der Waals surface area contributed by atoms with Crippen LogP contribution in [0.2, 0.25) is 0 Å². The molecule has 0 spiro atoms. The summed E-state index contributed by atoms with van der Waals surface area (Å²) in [5.74, 6) is -0.190. The van der Waals surface area contributed by atoms with Gasteiger partial charge in [-0.3, -0.25) is 4.79 Å². The lowest BCUT2D eigenvalue weighted by molar-refractivity contribution is -0.119. The third kappa shape index (κ3) is 8.68. The van der Waals surface area contributed by atoms with Crippen LogP contribution in [0, 0.1) is 0 Å². The first-order chi connectivity index (χ1) is 6.16. The van der Waals surface area contributed by atoms with Crippen LogP contribution in [0.3, 0.4) is 0 Å². The Labute approximate surface area is 80.9 Å². The highest BCUT2D eigenvalue weighted by Crippen LogP contribution is 1.85.